The Kier molecular flexibility index (Phi) is 2.72. The van der Waals surface area contributed by atoms with Crippen LogP contribution in [0.4, 0.5) is 0 Å². The summed E-state index contributed by atoms with van der Waals surface area (Å²) in [5, 5.41) is 27.7. The monoisotopic (exact) mass is 263 g/mol. The molecule has 2 N–H and O–H groups in total. The first-order valence-corrected chi connectivity index (χ1v) is 6.50. The van der Waals surface area contributed by atoms with Crippen LogP contribution in [0.5, 0.6) is 0 Å². The van der Waals surface area contributed by atoms with E-state index < -0.39 is 7.12 Å². The third-order valence-corrected chi connectivity index (χ3v) is 4.13. The molecule has 0 spiro atoms. The fraction of sp³-hybridized carbons (Fsp3) is 0.188. The fourth-order valence-electron chi connectivity index (χ4n) is 2.99. The van der Waals surface area contributed by atoms with E-state index in [0.29, 0.717) is 11.0 Å². The van der Waals surface area contributed by atoms with Crippen molar-refractivity contribution in [3.63, 3.8) is 0 Å². The molecule has 0 saturated heterocycles. The SMILES string of the molecule is CC1(C)c2cc(C#N)ccc2-c2ccc(B(O)O)cc21. The second-order valence-corrected chi connectivity index (χ2v) is 5.68. The maximum absolute atomic E-state index is 9.34. The lowest BCUT2D eigenvalue weighted by Crippen LogP contribution is -2.31. The van der Waals surface area contributed by atoms with Crippen LogP contribution >= 0.6 is 0 Å². The largest absolute Gasteiger partial charge is 0.488 e. The van der Waals surface area contributed by atoms with Crippen molar-refractivity contribution < 1.29 is 10.0 Å². The van der Waals surface area contributed by atoms with Gasteiger partial charge in [-0.3, -0.25) is 0 Å². The highest BCUT2D eigenvalue weighted by Gasteiger charge is 2.36. The van der Waals surface area contributed by atoms with E-state index in [1.165, 1.54) is 0 Å². The molecule has 2 aromatic rings. The predicted molar refractivity (Wildman–Crippen MR) is 78.5 cm³/mol. The molecule has 0 fully saturated rings. The van der Waals surface area contributed by atoms with Gasteiger partial charge in [-0.15, -0.1) is 0 Å². The molecule has 0 radical (unpaired) electrons. The molecular formula is C16H14BNO2. The number of fused-ring (bicyclic) bond motifs is 3. The van der Waals surface area contributed by atoms with Gasteiger partial charge < -0.3 is 10.0 Å². The first kappa shape index (κ1) is 12.9. The van der Waals surface area contributed by atoms with Gasteiger partial charge in [0.15, 0.2) is 0 Å². The molecule has 3 nitrogen and oxygen atoms in total. The van der Waals surface area contributed by atoms with Crippen molar-refractivity contribution in [2.75, 3.05) is 0 Å². The van der Waals surface area contributed by atoms with E-state index in [-0.39, 0.29) is 5.41 Å². The van der Waals surface area contributed by atoms with Crippen LogP contribution in [0, 0.1) is 11.3 Å². The molecule has 0 amide bonds. The van der Waals surface area contributed by atoms with Gasteiger partial charge in [0.05, 0.1) is 11.6 Å². The summed E-state index contributed by atoms with van der Waals surface area (Å²) >= 11 is 0. The Morgan fingerprint density at radius 1 is 1.00 bits per heavy atom. The van der Waals surface area contributed by atoms with Crippen LogP contribution in [-0.2, 0) is 5.41 Å². The molecule has 0 aromatic heterocycles. The summed E-state index contributed by atoms with van der Waals surface area (Å²) in [6, 6.07) is 13.4. The smallest absolute Gasteiger partial charge is 0.423 e. The summed E-state index contributed by atoms with van der Waals surface area (Å²) in [4.78, 5) is 0. The minimum atomic E-state index is -1.46. The van der Waals surface area contributed by atoms with Gasteiger partial charge in [-0.2, -0.15) is 5.26 Å². The maximum Gasteiger partial charge on any atom is 0.488 e. The van der Waals surface area contributed by atoms with Crippen LogP contribution in [0.15, 0.2) is 36.4 Å². The van der Waals surface area contributed by atoms with Gasteiger partial charge in [0.2, 0.25) is 0 Å². The normalized spacial score (nSPS) is 14.3. The Balaban J connectivity index is 2.27. The van der Waals surface area contributed by atoms with E-state index >= 15 is 0 Å². The van der Waals surface area contributed by atoms with Gasteiger partial charge in [-0.1, -0.05) is 38.1 Å². The summed E-state index contributed by atoms with van der Waals surface area (Å²) in [5.41, 5.74) is 5.27. The number of nitriles is 1. The van der Waals surface area contributed by atoms with Crippen molar-refractivity contribution in [2.45, 2.75) is 19.3 Å². The van der Waals surface area contributed by atoms with Crippen LogP contribution in [0.3, 0.4) is 0 Å². The molecule has 0 saturated carbocycles. The molecule has 0 atom stereocenters. The van der Waals surface area contributed by atoms with E-state index in [4.69, 9.17) is 5.26 Å². The van der Waals surface area contributed by atoms with E-state index in [9.17, 15) is 10.0 Å². The topological polar surface area (TPSA) is 64.2 Å². The average molecular weight is 263 g/mol. The number of rotatable bonds is 1. The summed E-state index contributed by atoms with van der Waals surface area (Å²) in [6.07, 6.45) is 0. The van der Waals surface area contributed by atoms with Crippen molar-refractivity contribution in [3.8, 4) is 17.2 Å². The summed E-state index contributed by atoms with van der Waals surface area (Å²) < 4.78 is 0. The Morgan fingerprint density at radius 2 is 1.60 bits per heavy atom. The number of hydrogen-bond donors (Lipinski definition) is 2. The van der Waals surface area contributed by atoms with Crippen molar-refractivity contribution >= 4 is 12.6 Å². The predicted octanol–water partition coefficient (Wildman–Crippen LogP) is 1.54. The van der Waals surface area contributed by atoms with E-state index in [1.807, 2.05) is 30.3 Å². The second-order valence-electron chi connectivity index (χ2n) is 5.68. The highest BCUT2D eigenvalue weighted by molar-refractivity contribution is 6.58. The zero-order valence-corrected chi connectivity index (χ0v) is 11.4. The Morgan fingerprint density at radius 3 is 2.20 bits per heavy atom. The third-order valence-electron chi connectivity index (χ3n) is 4.13. The quantitative estimate of drug-likeness (QED) is 0.767. The third kappa shape index (κ3) is 1.68. The van der Waals surface area contributed by atoms with Gasteiger partial charge in [0, 0.05) is 5.41 Å². The molecule has 0 unspecified atom stereocenters. The molecule has 20 heavy (non-hydrogen) atoms. The molecular weight excluding hydrogens is 249 g/mol. The lowest BCUT2D eigenvalue weighted by atomic mass is 9.75. The van der Waals surface area contributed by atoms with Crippen LogP contribution in [-0.4, -0.2) is 17.2 Å². The molecule has 4 heteroatoms. The van der Waals surface area contributed by atoms with Gasteiger partial charge >= 0.3 is 7.12 Å². The summed E-state index contributed by atoms with van der Waals surface area (Å²) in [6.45, 7) is 4.18. The van der Waals surface area contributed by atoms with Crippen molar-refractivity contribution in [3.05, 3.63) is 53.1 Å². The lowest BCUT2D eigenvalue weighted by molar-refractivity contribution is 0.425. The zero-order chi connectivity index (χ0) is 14.5. The van der Waals surface area contributed by atoms with E-state index in [2.05, 4.69) is 19.9 Å². The highest BCUT2D eigenvalue weighted by Crippen LogP contribution is 2.48. The van der Waals surface area contributed by atoms with E-state index in [1.54, 1.807) is 6.07 Å². The van der Waals surface area contributed by atoms with Crippen molar-refractivity contribution in [1.82, 2.24) is 0 Å². The Labute approximate surface area is 118 Å². The van der Waals surface area contributed by atoms with Gasteiger partial charge in [0.1, 0.15) is 0 Å². The van der Waals surface area contributed by atoms with Crippen LogP contribution in [0.1, 0.15) is 30.5 Å². The Hall–Kier alpha value is -2.09. The minimum Gasteiger partial charge on any atom is -0.423 e. The van der Waals surface area contributed by atoms with Gasteiger partial charge in [0.25, 0.3) is 0 Å². The van der Waals surface area contributed by atoms with Crippen molar-refractivity contribution in [1.29, 1.82) is 5.26 Å². The molecule has 0 heterocycles. The number of hydrogen-bond acceptors (Lipinski definition) is 3. The van der Waals surface area contributed by atoms with Crippen LogP contribution < -0.4 is 5.46 Å². The number of nitrogens with zero attached hydrogens (tertiary/aromatic N) is 1. The lowest BCUT2D eigenvalue weighted by Gasteiger charge is -2.22. The van der Waals surface area contributed by atoms with Gasteiger partial charge in [-0.25, -0.2) is 0 Å². The molecule has 1 aliphatic rings. The standard InChI is InChI=1S/C16H14BNO2/c1-16(2)14-7-10(9-18)3-5-12(14)13-6-4-11(17(19)20)8-15(13)16/h3-8,19-20H,1-2H3. The second kappa shape index (κ2) is 4.21. The molecule has 98 valence electrons. The maximum atomic E-state index is 9.34. The number of benzene rings is 2. The molecule has 0 aliphatic heterocycles. The van der Waals surface area contributed by atoms with Crippen molar-refractivity contribution in [2.24, 2.45) is 0 Å². The van der Waals surface area contributed by atoms with E-state index in [0.717, 1.165) is 22.3 Å². The minimum absolute atomic E-state index is 0.248. The molecule has 3 rings (SSSR count). The fourth-order valence-corrected chi connectivity index (χ4v) is 2.99. The molecule has 1 aliphatic carbocycles. The molecule has 2 aromatic carbocycles. The van der Waals surface area contributed by atoms with Crippen LogP contribution in [0.25, 0.3) is 11.1 Å². The summed E-state index contributed by atoms with van der Waals surface area (Å²) in [7, 11) is -1.46. The first-order chi connectivity index (χ1) is 9.45. The first-order valence-electron chi connectivity index (χ1n) is 6.50. The Bertz CT molecular complexity index is 745. The average Bonchev–Trinajstić information content (AvgIpc) is 2.67. The van der Waals surface area contributed by atoms with Gasteiger partial charge in [-0.05, 0) is 39.8 Å². The molecule has 0 bridgehead atoms. The highest BCUT2D eigenvalue weighted by atomic mass is 16.4. The summed E-state index contributed by atoms with van der Waals surface area (Å²) in [5.74, 6) is 0. The zero-order valence-electron chi connectivity index (χ0n) is 11.4. The van der Waals surface area contributed by atoms with Crippen LogP contribution in [0.2, 0.25) is 0 Å².